The summed E-state index contributed by atoms with van der Waals surface area (Å²) in [6, 6.07) is 43.4. The van der Waals surface area contributed by atoms with Crippen LogP contribution in [0.25, 0.3) is 0 Å². The highest BCUT2D eigenvalue weighted by atomic mass is 19.1. The molecule has 41 heavy (non-hydrogen) atoms. The molecule has 0 spiro atoms. The predicted molar refractivity (Wildman–Crippen MR) is 156 cm³/mol. The second-order valence-electron chi connectivity index (χ2n) is 11.3. The van der Waals surface area contributed by atoms with E-state index in [-0.39, 0.29) is 17.8 Å². The maximum atomic E-state index is 18.2. The van der Waals surface area contributed by atoms with Gasteiger partial charge in [0.25, 0.3) is 0 Å². The molecule has 194 valence electrons. The Morgan fingerprint density at radius 3 is 0.951 bits per heavy atom. The van der Waals surface area contributed by atoms with Gasteiger partial charge < -0.3 is 0 Å². The van der Waals surface area contributed by atoms with Crippen LogP contribution in [-0.4, -0.2) is 15.0 Å². The monoisotopic (exact) mass is 529 g/mol. The van der Waals surface area contributed by atoms with Gasteiger partial charge in [0.2, 0.25) is 5.67 Å². The number of alkyl halides is 1. The van der Waals surface area contributed by atoms with Crippen molar-refractivity contribution in [2.45, 2.75) is 23.4 Å². The molecular formula is C37H24FN3. The van der Waals surface area contributed by atoms with Crippen LogP contribution in [0.2, 0.25) is 0 Å². The van der Waals surface area contributed by atoms with Gasteiger partial charge in [0.05, 0.1) is 51.9 Å². The minimum absolute atomic E-state index is 0.172. The zero-order valence-corrected chi connectivity index (χ0v) is 22.1. The molecule has 3 nitrogen and oxygen atoms in total. The number of benzene rings is 3. The lowest BCUT2D eigenvalue weighted by Gasteiger charge is -2.31. The molecule has 4 heteroatoms. The van der Waals surface area contributed by atoms with Gasteiger partial charge in [-0.05, 0) is 69.8 Å². The van der Waals surface area contributed by atoms with Crippen molar-refractivity contribution in [3.05, 3.63) is 195 Å². The van der Waals surface area contributed by atoms with Crippen LogP contribution in [0, 0.1) is 0 Å². The first kappa shape index (κ1) is 22.8. The number of nitrogens with zero attached hydrogens (tertiary/aromatic N) is 3. The van der Waals surface area contributed by atoms with Crippen molar-refractivity contribution >= 4 is 0 Å². The molecule has 3 aromatic carbocycles. The molecule has 6 aromatic rings. The summed E-state index contributed by atoms with van der Waals surface area (Å²) in [5, 5.41) is 0. The Balaban J connectivity index is 1.56. The Kier molecular flexibility index (Phi) is 4.61. The molecule has 10 rings (SSSR count). The Morgan fingerprint density at radius 2 is 0.659 bits per heavy atom. The lowest BCUT2D eigenvalue weighted by Crippen LogP contribution is -2.30. The molecule has 6 heterocycles. The average molecular weight is 530 g/mol. The SMILES string of the molecule is FC12c3cccc(n3)C3c4cccc(c4)C(c4cccc(c4)C(c4cccc3c4)c3cccc1n3)c1cccc2n1. The minimum Gasteiger partial charge on any atom is -0.253 e. The molecule has 0 amide bonds. The van der Waals surface area contributed by atoms with Crippen molar-refractivity contribution in [2.24, 2.45) is 0 Å². The lowest BCUT2D eigenvalue weighted by atomic mass is 9.77. The van der Waals surface area contributed by atoms with Gasteiger partial charge in [-0.2, -0.15) is 0 Å². The molecule has 1 aliphatic carbocycles. The van der Waals surface area contributed by atoms with Gasteiger partial charge in [-0.3, -0.25) is 15.0 Å². The van der Waals surface area contributed by atoms with E-state index >= 15 is 4.39 Å². The van der Waals surface area contributed by atoms with Crippen molar-refractivity contribution in [3.8, 4) is 0 Å². The smallest absolute Gasteiger partial charge is 0.236 e. The first-order valence-corrected chi connectivity index (χ1v) is 14.1. The van der Waals surface area contributed by atoms with Crippen molar-refractivity contribution in [1.29, 1.82) is 0 Å². The van der Waals surface area contributed by atoms with Crippen molar-refractivity contribution in [2.75, 3.05) is 0 Å². The van der Waals surface area contributed by atoms with Crippen LogP contribution < -0.4 is 0 Å². The predicted octanol–water partition coefficient (Wildman–Crippen LogP) is 7.61. The largest absolute Gasteiger partial charge is 0.253 e. The highest BCUT2D eigenvalue weighted by Crippen LogP contribution is 2.45. The molecule has 0 atom stereocenters. The normalized spacial score (nSPS) is 22.6. The number of hydrogen-bond donors (Lipinski definition) is 0. The fourth-order valence-corrected chi connectivity index (χ4v) is 7.16. The van der Waals surface area contributed by atoms with Crippen LogP contribution in [-0.2, 0) is 5.67 Å². The average Bonchev–Trinajstić information content (AvgIpc) is 3.01. The first-order chi connectivity index (χ1) is 20.2. The Morgan fingerprint density at radius 1 is 0.390 bits per heavy atom. The third-order valence-corrected chi connectivity index (χ3v) is 8.99. The van der Waals surface area contributed by atoms with Crippen LogP contribution in [0.3, 0.4) is 0 Å². The Bertz CT molecular complexity index is 1730. The summed E-state index contributed by atoms with van der Waals surface area (Å²) in [6.45, 7) is 0. The second kappa shape index (κ2) is 8.28. The molecule has 0 radical (unpaired) electrons. The van der Waals surface area contributed by atoms with E-state index in [9.17, 15) is 0 Å². The van der Waals surface area contributed by atoms with E-state index in [0.717, 1.165) is 50.5 Å². The van der Waals surface area contributed by atoms with E-state index in [4.69, 9.17) is 15.0 Å². The van der Waals surface area contributed by atoms with Gasteiger partial charge in [-0.25, -0.2) is 4.39 Å². The quantitative estimate of drug-likeness (QED) is 0.203. The Labute approximate surface area is 237 Å². The lowest BCUT2D eigenvalue weighted by molar-refractivity contribution is 0.256. The fraction of sp³-hybridized carbons (Fsp3) is 0.108. The molecule has 0 unspecified atom stereocenters. The summed E-state index contributed by atoms with van der Waals surface area (Å²) in [7, 11) is 0. The fourth-order valence-electron chi connectivity index (χ4n) is 7.16. The van der Waals surface area contributed by atoms with Gasteiger partial charge in [0, 0.05) is 0 Å². The molecule has 0 N–H and O–H groups in total. The van der Waals surface area contributed by atoms with Gasteiger partial charge >= 0.3 is 0 Å². The van der Waals surface area contributed by atoms with E-state index in [1.165, 1.54) is 0 Å². The zero-order chi connectivity index (χ0) is 27.1. The van der Waals surface area contributed by atoms with Crippen molar-refractivity contribution in [1.82, 2.24) is 15.0 Å². The summed E-state index contributed by atoms with van der Waals surface area (Å²) in [5.41, 5.74) is 7.89. The molecule has 16 bridgehead atoms. The molecule has 0 fully saturated rings. The van der Waals surface area contributed by atoms with Gasteiger partial charge in [-0.1, -0.05) is 91.0 Å². The molecule has 4 aliphatic rings. The topological polar surface area (TPSA) is 38.7 Å². The molecule has 3 aromatic heterocycles. The van der Waals surface area contributed by atoms with E-state index in [0.29, 0.717) is 17.1 Å². The zero-order valence-electron chi connectivity index (χ0n) is 22.1. The van der Waals surface area contributed by atoms with Crippen LogP contribution in [0.4, 0.5) is 4.39 Å². The van der Waals surface area contributed by atoms with Crippen LogP contribution >= 0.6 is 0 Å². The van der Waals surface area contributed by atoms with Crippen LogP contribution in [0.15, 0.2) is 127 Å². The Hall–Kier alpha value is -4.96. The molecule has 3 aliphatic heterocycles. The molecule has 0 saturated heterocycles. The number of hydrogen-bond acceptors (Lipinski definition) is 3. The standard InChI is InChI=1S/C37H24FN3/c38-37-31-16-4-13-28(39-31)34-22-7-1-8-23(19-22)35(29-14-5-17-32(37)40-29)25-10-3-12-27(21-25)36(26-11-2-9-24(34)20-26)30-15-6-18-33(37)41-30/h1-21,34-36H. The number of pyridine rings is 3. The summed E-state index contributed by atoms with van der Waals surface area (Å²) in [4.78, 5) is 15.3. The van der Waals surface area contributed by atoms with E-state index < -0.39 is 5.67 Å². The maximum Gasteiger partial charge on any atom is 0.236 e. The van der Waals surface area contributed by atoms with Crippen LogP contribution in [0.5, 0.6) is 0 Å². The number of halogens is 1. The summed E-state index contributed by atoms with van der Waals surface area (Å²) < 4.78 is 18.2. The maximum absolute atomic E-state index is 18.2. The van der Waals surface area contributed by atoms with Gasteiger partial charge in [0.1, 0.15) is 0 Å². The number of aromatic nitrogens is 3. The van der Waals surface area contributed by atoms with Crippen molar-refractivity contribution < 1.29 is 4.39 Å². The molecule has 0 saturated carbocycles. The summed E-state index contributed by atoms with van der Waals surface area (Å²) in [5.74, 6) is -0.515. The van der Waals surface area contributed by atoms with E-state index in [2.05, 4.69) is 72.8 Å². The third-order valence-electron chi connectivity index (χ3n) is 8.99. The van der Waals surface area contributed by atoms with E-state index in [1.54, 1.807) is 18.2 Å². The summed E-state index contributed by atoms with van der Waals surface area (Å²) in [6.07, 6.45) is 0. The summed E-state index contributed by atoms with van der Waals surface area (Å²) >= 11 is 0. The molecular weight excluding hydrogens is 505 g/mol. The van der Waals surface area contributed by atoms with Crippen molar-refractivity contribution in [3.63, 3.8) is 0 Å². The van der Waals surface area contributed by atoms with E-state index in [1.807, 2.05) is 36.4 Å². The van der Waals surface area contributed by atoms with Crippen LogP contribution in [0.1, 0.15) is 85.3 Å². The third kappa shape index (κ3) is 3.22. The van der Waals surface area contributed by atoms with Gasteiger partial charge in [-0.15, -0.1) is 0 Å². The first-order valence-electron chi connectivity index (χ1n) is 14.1. The van der Waals surface area contributed by atoms with Gasteiger partial charge in [0.15, 0.2) is 0 Å². The minimum atomic E-state index is -2.14. The second-order valence-corrected chi connectivity index (χ2v) is 11.3. The number of rotatable bonds is 0. The highest BCUT2D eigenvalue weighted by molar-refractivity contribution is 5.54. The highest BCUT2D eigenvalue weighted by Gasteiger charge is 2.43.